The molecule has 0 N–H and O–H groups in total. The number of ether oxygens (including phenoxy) is 2. The molecule has 0 radical (unpaired) electrons. The lowest BCUT2D eigenvalue weighted by atomic mass is 9.96. The van der Waals surface area contributed by atoms with Gasteiger partial charge in [0.1, 0.15) is 17.1 Å². The molecule has 0 saturated carbocycles. The largest absolute Gasteiger partial charge is 0.497 e. The second-order valence-corrected chi connectivity index (χ2v) is 9.41. The van der Waals surface area contributed by atoms with Crippen LogP contribution in [0.3, 0.4) is 0 Å². The Balaban J connectivity index is 1.64. The molecular weight excluding hydrogens is 538 g/mol. The summed E-state index contributed by atoms with van der Waals surface area (Å²) in [5.74, 6) is 1.54. The number of rotatable bonds is 3. The van der Waals surface area contributed by atoms with Gasteiger partial charge in [0.25, 0.3) is 0 Å². The van der Waals surface area contributed by atoms with E-state index in [1.807, 2.05) is 43.3 Å². The van der Waals surface area contributed by atoms with E-state index < -0.39 is 0 Å². The van der Waals surface area contributed by atoms with Crippen molar-refractivity contribution in [3.05, 3.63) is 85.1 Å². The average molecular weight is 557 g/mol. The van der Waals surface area contributed by atoms with Crippen molar-refractivity contribution >= 4 is 48.5 Å². The van der Waals surface area contributed by atoms with Crippen molar-refractivity contribution in [2.75, 3.05) is 18.7 Å². The zero-order valence-electron chi connectivity index (χ0n) is 17.4. The van der Waals surface area contributed by atoms with E-state index >= 15 is 0 Å². The van der Waals surface area contributed by atoms with Crippen molar-refractivity contribution in [1.29, 1.82) is 0 Å². The molecule has 0 amide bonds. The zero-order chi connectivity index (χ0) is 22.4. The number of anilines is 1. The number of methoxy groups -OCH3 is 1. The lowest BCUT2D eigenvalue weighted by Gasteiger charge is -2.32. The molecular formula is C25H19Br2NO4. The maximum atomic E-state index is 12.4. The van der Waals surface area contributed by atoms with Crippen LogP contribution in [-0.4, -0.2) is 13.8 Å². The van der Waals surface area contributed by atoms with Gasteiger partial charge in [0, 0.05) is 38.1 Å². The number of benzene rings is 3. The summed E-state index contributed by atoms with van der Waals surface area (Å²) < 4.78 is 19.0. The SMILES string of the molecule is COc1ccc(-c2cc(=O)oc3c(C)c4c(cc23)CN(c2ccc(Br)cc2Br)CO4)cc1. The topological polar surface area (TPSA) is 51.9 Å². The minimum absolute atomic E-state index is 0.386. The highest BCUT2D eigenvalue weighted by molar-refractivity contribution is 9.11. The normalized spacial score (nSPS) is 13.1. The highest BCUT2D eigenvalue weighted by Crippen LogP contribution is 2.40. The Morgan fingerprint density at radius 1 is 1.03 bits per heavy atom. The number of halogens is 2. The van der Waals surface area contributed by atoms with Gasteiger partial charge in [-0.05, 0) is 70.4 Å². The van der Waals surface area contributed by atoms with Gasteiger partial charge in [0.2, 0.25) is 0 Å². The molecule has 1 aliphatic rings. The number of aryl methyl sites for hydroxylation is 1. The molecule has 0 aliphatic carbocycles. The Labute approximate surface area is 201 Å². The van der Waals surface area contributed by atoms with Gasteiger partial charge in [-0.3, -0.25) is 0 Å². The van der Waals surface area contributed by atoms with Crippen molar-refractivity contribution in [2.24, 2.45) is 0 Å². The van der Waals surface area contributed by atoms with Crippen molar-refractivity contribution in [1.82, 2.24) is 0 Å². The summed E-state index contributed by atoms with van der Waals surface area (Å²) in [5, 5.41) is 0.881. The molecule has 4 aromatic rings. The monoisotopic (exact) mass is 555 g/mol. The van der Waals surface area contributed by atoms with Crippen LogP contribution in [0.1, 0.15) is 11.1 Å². The van der Waals surface area contributed by atoms with Gasteiger partial charge in [-0.1, -0.05) is 28.1 Å². The lowest BCUT2D eigenvalue weighted by Crippen LogP contribution is -2.32. The molecule has 2 heterocycles. The van der Waals surface area contributed by atoms with Crippen LogP contribution < -0.4 is 20.0 Å². The van der Waals surface area contributed by atoms with Crippen molar-refractivity contribution in [3.8, 4) is 22.6 Å². The van der Waals surface area contributed by atoms with E-state index in [9.17, 15) is 4.79 Å². The molecule has 3 aromatic carbocycles. The first-order valence-corrected chi connectivity index (χ1v) is 11.6. The van der Waals surface area contributed by atoms with E-state index in [0.29, 0.717) is 18.9 Å². The summed E-state index contributed by atoms with van der Waals surface area (Å²) in [6.07, 6.45) is 0. The van der Waals surface area contributed by atoms with Gasteiger partial charge in [-0.2, -0.15) is 0 Å². The Bertz CT molecular complexity index is 1400. The molecule has 162 valence electrons. The first-order valence-electron chi connectivity index (χ1n) is 10.0. The molecule has 1 aromatic heterocycles. The molecule has 0 unspecified atom stereocenters. The third-order valence-electron chi connectivity index (χ3n) is 5.67. The highest BCUT2D eigenvalue weighted by atomic mass is 79.9. The molecule has 0 saturated heterocycles. The zero-order valence-corrected chi connectivity index (χ0v) is 20.6. The number of fused-ring (bicyclic) bond motifs is 2. The van der Waals surface area contributed by atoms with E-state index in [4.69, 9.17) is 13.9 Å². The molecule has 1 aliphatic heterocycles. The predicted octanol–water partition coefficient (Wildman–Crippen LogP) is 6.66. The number of hydrogen-bond acceptors (Lipinski definition) is 5. The maximum absolute atomic E-state index is 12.4. The summed E-state index contributed by atoms with van der Waals surface area (Å²) in [6.45, 7) is 3.02. The number of nitrogens with zero attached hydrogens (tertiary/aromatic N) is 1. The first kappa shape index (κ1) is 21.1. The van der Waals surface area contributed by atoms with Crippen LogP contribution in [0.25, 0.3) is 22.1 Å². The summed E-state index contributed by atoms with van der Waals surface area (Å²) in [6, 6.07) is 17.4. The molecule has 7 heteroatoms. The third-order valence-corrected chi connectivity index (χ3v) is 6.80. The van der Waals surface area contributed by atoms with Crippen LogP contribution in [0, 0.1) is 6.92 Å². The standard InChI is InChI=1S/C25H19Br2NO4/c1-14-24-16(12-28(13-31-24)22-8-5-17(26)10-21(22)27)9-20-19(11-23(29)32-25(14)20)15-3-6-18(30-2)7-4-15/h3-11H,12-13H2,1-2H3. The van der Waals surface area contributed by atoms with Crippen LogP contribution in [0.5, 0.6) is 11.5 Å². The summed E-state index contributed by atoms with van der Waals surface area (Å²) in [4.78, 5) is 14.5. The highest BCUT2D eigenvalue weighted by Gasteiger charge is 2.24. The summed E-state index contributed by atoms with van der Waals surface area (Å²) in [5.41, 5.74) is 4.84. The Kier molecular flexibility index (Phi) is 5.47. The Morgan fingerprint density at radius 3 is 2.53 bits per heavy atom. The van der Waals surface area contributed by atoms with E-state index in [1.165, 1.54) is 0 Å². The fourth-order valence-corrected chi connectivity index (χ4v) is 5.42. The van der Waals surface area contributed by atoms with Gasteiger partial charge in [-0.15, -0.1) is 0 Å². The van der Waals surface area contributed by atoms with Gasteiger partial charge >= 0.3 is 5.63 Å². The molecule has 0 atom stereocenters. The molecule has 0 bridgehead atoms. The van der Waals surface area contributed by atoms with Crippen molar-refractivity contribution in [2.45, 2.75) is 13.5 Å². The van der Waals surface area contributed by atoms with Gasteiger partial charge in [0.15, 0.2) is 6.73 Å². The first-order chi connectivity index (χ1) is 15.4. The number of hydrogen-bond donors (Lipinski definition) is 0. The minimum Gasteiger partial charge on any atom is -0.497 e. The van der Waals surface area contributed by atoms with Crippen LogP contribution in [0.15, 0.2) is 72.8 Å². The maximum Gasteiger partial charge on any atom is 0.336 e. The van der Waals surface area contributed by atoms with Crippen molar-refractivity contribution < 1.29 is 13.9 Å². The second-order valence-electron chi connectivity index (χ2n) is 7.64. The third kappa shape index (κ3) is 3.69. The summed E-state index contributed by atoms with van der Waals surface area (Å²) in [7, 11) is 1.63. The van der Waals surface area contributed by atoms with Crippen LogP contribution >= 0.6 is 31.9 Å². The molecule has 5 nitrogen and oxygen atoms in total. The van der Waals surface area contributed by atoms with Crippen LogP contribution in [-0.2, 0) is 6.54 Å². The van der Waals surface area contributed by atoms with Gasteiger partial charge in [0.05, 0.1) is 12.8 Å². The van der Waals surface area contributed by atoms with Gasteiger partial charge in [-0.25, -0.2) is 4.79 Å². The van der Waals surface area contributed by atoms with Crippen LogP contribution in [0.4, 0.5) is 5.69 Å². The molecule has 5 rings (SSSR count). The van der Waals surface area contributed by atoms with Gasteiger partial charge < -0.3 is 18.8 Å². The fourth-order valence-electron chi connectivity index (χ4n) is 4.12. The quantitative estimate of drug-likeness (QED) is 0.264. The smallest absolute Gasteiger partial charge is 0.336 e. The van der Waals surface area contributed by atoms with E-state index in [2.05, 4.69) is 48.9 Å². The van der Waals surface area contributed by atoms with E-state index in [-0.39, 0.29) is 5.63 Å². The molecule has 0 spiro atoms. The van der Waals surface area contributed by atoms with E-state index in [1.54, 1.807) is 13.2 Å². The second kappa shape index (κ2) is 8.30. The lowest BCUT2D eigenvalue weighted by molar-refractivity contribution is 0.287. The Morgan fingerprint density at radius 2 is 1.81 bits per heavy atom. The summed E-state index contributed by atoms with van der Waals surface area (Å²) >= 11 is 7.16. The average Bonchev–Trinajstić information content (AvgIpc) is 2.79. The van der Waals surface area contributed by atoms with Crippen molar-refractivity contribution in [3.63, 3.8) is 0 Å². The van der Waals surface area contributed by atoms with Crippen LogP contribution in [0.2, 0.25) is 0 Å². The Hall–Kier alpha value is -2.77. The van der Waals surface area contributed by atoms with E-state index in [0.717, 1.165) is 53.8 Å². The molecule has 0 fully saturated rings. The predicted molar refractivity (Wildman–Crippen MR) is 133 cm³/mol. The molecule has 32 heavy (non-hydrogen) atoms. The minimum atomic E-state index is -0.386. The fraction of sp³-hybridized carbons (Fsp3) is 0.160.